The third kappa shape index (κ3) is 4.40. The van der Waals surface area contributed by atoms with Gasteiger partial charge in [-0.1, -0.05) is 61.5 Å². The third-order valence-corrected chi connectivity index (χ3v) is 5.56. The maximum absolute atomic E-state index is 12.2. The number of rotatable bonds is 7. The van der Waals surface area contributed by atoms with Crippen molar-refractivity contribution in [2.75, 3.05) is 19.6 Å². The second kappa shape index (κ2) is 8.61. The summed E-state index contributed by atoms with van der Waals surface area (Å²) in [6, 6.07) is 17.8. The van der Waals surface area contributed by atoms with Crippen molar-refractivity contribution in [3.8, 4) is 0 Å². The lowest BCUT2D eigenvalue weighted by Gasteiger charge is -2.39. The van der Waals surface area contributed by atoms with Gasteiger partial charge in [-0.2, -0.15) is 0 Å². The van der Waals surface area contributed by atoms with Crippen molar-refractivity contribution in [1.29, 1.82) is 0 Å². The van der Waals surface area contributed by atoms with Crippen LogP contribution in [0.1, 0.15) is 54.1 Å². The molecule has 2 aromatic rings. The van der Waals surface area contributed by atoms with Gasteiger partial charge in [0.15, 0.2) is 5.78 Å². The summed E-state index contributed by atoms with van der Waals surface area (Å²) in [6.45, 7) is 4.83. The molecule has 0 atom stereocenters. The minimum Gasteiger partial charge on any atom is -0.385 e. The predicted octanol–water partition coefficient (Wildman–Crippen LogP) is 4.20. The number of benzene rings is 2. The number of carbonyl (C=O) groups is 1. The maximum Gasteiger partial charge on any atom is 0.162 e. The number of ketones is 1. The monoisotopic (exact) mass is 351 g/mol. The van der Waals surface area contributed by atoms with E-state index in [1.54, 1.807) is 0 Å². The standard InChI is InChI=1S/C23H29NO2/c1-2-19-9-6-7-12-21(19)23(26)14-17-24(18-15-23)16-8-13-22(25)20-10-4-3-5-11-20/h3-7,9-12,26H,2,8,13-18H2,1H3. The number of likely N-dealkylation sites (tertiary alicyclic amines) is 1. The number of piperidine rings is 1. The highest BCUT2D eigenvalue weighted by atomic mass is 16.3. The first-order valence-electron chi connectivity index (χ1n) is 9.74. The lowest BCUT2D eigenvalue weighted by atomic mass is 9.81. The zero-order valence-electron chi connectivity index (χ0n) is 15.7. The van der Waals surface area contributed by atoms with Crippen LogP contribution in [-0.2, 0) is 12.0 Å². The van der Waals surface area contributed by atoms with E-state index in [1.165, 1.54) is 5.56 Å². The molecule has 3 heteroatoms. The average Bonchev–Trinajstić information content (AvgIpc) is 2.70. The Morgan fingerprint density at radius 2 is 1.69 bits per heavy atom. The van der Waals surface area contributed by atoms with E-state index < -0.39 is 5.60 Å². The first-order chi connectivity index (χ1) is 12.6. The molecule has 0 radical (unpaired) electrons. The molecule has 0 saturated carbocycles. The maximum atomic E-state index is 12.2. The van der Waals surface area contributed by atoms with Crippen LogP contribution < -0.4 is 0 Å². The van der Waals surface area contributed by atoms with Crippen molar-refractivity contribution >= 4 is 5.78 Å². The van der Waals surface area contributed by atoms with E-state index in [0.29, 0.717) is 6.42 Å². The number of aryl methyl sites for hydroxylation is 1. The molecule has 1 fully saturated rings. The molecule has 0 spiro atoms. The molecule has 0 amide bonds. The van der Waals surface area contributed by atoms with Gasteiger partial charge in [-0.15, -0.1) is 0 Å². The summed E-state index contributed by atoms with van der Waals surface area (Å²) in [7, 11) is 0. The molecular weight excluding hydrogens is 322 g/mol. The number of nitrogens with zero attached hydrogens (tertiary/aromatic N) is 1. The molecule has 1 aliphatic heterocycles. The molecule has 26 heavy (non-hydrogen) atoms. The lowest BCUT2D eigenvalue weighted by molar-refractivity contribution is -0.0266. The van der Waals surface area contributed by atoms with Crippen molar-refractivity contribution in [3.05, 3.63) is 71.3 Å². The smallest absolute Gasteiger partial charge is 0.162 e. The minimum atomic E-state index is -0.705. The number of Topliss-reactive ketones (excluding diaryl/α,β-unsaturated/α-hetero) is 1. The van der Waals surface area contributed by atoms with Gasteiger partial charge in [0, 0.05) is 25.1 Å². The quantitative estimate of drug-likeness (QED) is 0.760. The molecule has 0 bridgehead atoms. The fourth-order valence-corrected chi connectivity index (χ4v) is 3.93. The summed E-state index contributed by atoms with van der Waals surface area (Å²) in [5, 5.41) is 11.2. The van der Waals surface area contributed by atoms with E-state index >= 15 is 0 Å². The van der Waals surface area contributed by atoms with Crippen molar-refractivity contribution in [2.24, 2.45) is 0 Å². The molecule has 0 aromatic heterocycles. The Morgan fingerprint density at radius 1 is 1.04 bits per heavy atom. The van der Waals surface area contributed by atoms with Gasteiger partial charge in [-0.25, -0.2) is 0 Å². The molecule has 138 valence electrons. The van der Waals surface area contributed by atoms with Gasteiger partial charge in [0.25, 0.3) is 0 Å². The Morgan fingerprint density at radius 3 is 2.38 bits per heavy atom. The van der Waals surface area contributed by atoms with Crippen molar-refractivity contribution in [3.63, 3.8) is 0 Å². The van der Waals surface area contributed by atoms with Crippen LogP contribution in [0.25, 0.3) is 0 Å². The number of hydrogen-bond acceptors (Lipinski definition) is 3. The molecule has 1 saturated heterocycles. The predicted molar refractivity (Wildman–Crippen MR) is 105 cm³/mol. The van der Waals surface area contributed by atoms with Crippen LogP contribution in [0.3, 0.4) is 0 Å². The molecule has 0 unspecified atom stereocenters. The number of aliphatic hydroxyl groups is 1. The Balaban J connectivity index is 1.49. The molecule has 1 heterocycles. The second-order valence-corrected chi connectivity index (χ2v) is 7.28. The first-order valence-corrected chi connectivity index (χ1v) is 9.74. The van der Waals surface area contributed by atoms with Crippen molar-refractivity contribution < 1.29 is 9.90 Å². The van der Waals surface area contributed by atoms with E-state index in [4.69, 9.17) is 0 Å². The van der Waals surface area contributed by atoms with Gasteiger partial charge in [0.05, 0.1) is 5.60 Å². The van der Waals surface area contributed by atoms with Crippen LogP contribution in [0.4, 0.5) is 0 Å². The van der Waals surface area contributed by atoms with Crippen LogP contribution in [0, 0.1) is 0 Å². The molecule has 3 rings (SSSR count). The lowest BCUT2D eigenvalue weighted by Crippen LogP contribution is -2.43. The Kier molecular flexibility index (Phi) is 6.23. The van der Waals surface area contributed by atoms with Crippen LogP contribution in [0.15, 0.2) is 54.6 Å². The van der Waals surface area contributed by atoms with Gasteiger partial charge < -0.3 is 10.0 Å². The largest absolute Gasteiger partial charge is 0.385 e. The van der Waals surface area contributed by atoms with E-state index in [9.17, 15) is 9.90 Å². The summed E-state index contributed by atoms with van der Waals surface area (Å²) < 4.78 is 0. The highest BCUT2D eigenvalue weighted by Crippen LogP contribution is 2.35. The topological polar surface area (TPSA) is 40.5 Å². The summed E-state index contributed by atoms with van der Waals surface area (Å²) in [5.74, 6) is 0.219. The summed E-state index contributed by atoms with van der Waals surface area (Å²) in [6.07, 6.45) is 3.93. The van der Waals surface area contributed by atoms with Gasteiger partial charge in [0.1, 0.15) is 0 Å². The fourth-order valence-electron chi connectivity index (χ4n) is 3.93. The summed E-state index contributed by atoms with van der Waals surface area (Å²) >= 11 is 0. The van der Waals surface area contributed by atoms with Crippen LogP contribution in [0.5, 0.6) is 0 Å². The number of hydrogen-bond donors (Lipinski definition) is 1. The van der Waals surface area contributed by atoms with Crippen LogP contribution in [0.2, 0.25) is 0 Å². The Labute approximate surface area is 156 Å². The molecular formula is C23H29NO2. The van der Waals surface area contributed by atoms with E-state index in [0.717, 1.165) is 56.4 Å². The molecule has 1 N–H and O–H groups in total. The van der Waals surface area contributed by atoms with Gasteiger partial charge in [0.2, 0.25) is 0 Å². The fraction of sp³-hybridized carbons (Fsp3) is 0.435. The average molecular weight is 351 g/mol. The molecule has 2 aromatic carbocycles. The Hall–Kier alpha value is -1.97. The molecule has 0 aliphatic carbocycles. The van der Waals surface area contributed by atoms with Crippen molar-refractivity contribution in [1.82, 2.24) is 4.90 Å². The zero-order valence-corrected chi connectivity index (χ0v) is 15.7. The van der Waals surface area contributed by atoms with E-state index in [2.05, 4.69) is 24.0 Å². The van der Waals surface area contributed by atoms with E-state index in [1.807, 2.05) is 42.5 Å². The van der Waals surface area contributed by atoms with Crippen LogP contribution >= 0.6 is 0 Å². The van der Waals surface area contributed by atoms with Gasteiger partial charge in [-0.3, -0.25) is 4.79 Å². The van der Waals surface area contributed by atoms with Gasteiger partial charge in [-0.05, 0) is 43.4 Å². The van der Waals surface area contributed by atoms with Crippen LogP contribution in [-0.4, -0.2) is 35.4 Å². The minimum absolute atomic E-state index is 0.219. The highest BCUT2D eigenvalue weighted by molar-refractivity contribution is 5.95. The molecule has 3 nitrogen and oxygen atoms in total. The first kappa shape index (κ1) is 18.8. The summed E-state index contributed by atoms with van der Waals surface area (Å²) in [4.78, 5) is 14.6. The molecule has 1 aliphatic rings. The normalized spacial score (nSPS) is 17.2. The van der Waals surface area contributed by atoms with Gasteiger partial charge >= 0.3 is 0 Å². The third-order valence-electron chi connectivity index (χ3n) is 5.56. The highest BCUT2D eigenvalue weighted by Gasteiger charge is 2.34. The SMILES string of the molecule is CCc1ccccc1C1(O)CCN(CCCC(=O)c2ccccc2)CC1. The Bertz CT molecular complexity index is 718. The number of carbonyl (C=O) groups excluding carboxylic acids is 1. The summed E-state index contributed by atoms with van der Waals surface area (Å²) in [5.41, 5.74) is 2.44. The zero-order chi connectivity index (χ0) is 18.4. The van der Waals surface area contributed by atoms with Crippen molar-refractivity contribution in [2.45, 2.75) is 44.6 Å². The van der Waals surface area contributed by atoms with E-state index in [-0.39, 0.29) is 5.78 Å². The second-order valence-electron chi connectivity index (χ2n) is 7.28.